The molecule has 0 spiro atoms. The quantitative estimate of drug-likeness (QED) is 0.0896. The fourth-order valence-electron chi connectivity index (χ4n) is 8.40. The van der Waals surface area contributed by atoms with E-state index in [0.29, 0.717) is 17.4 Å². The van der Waals surface area contributed by atoms with Gasteiger partial charge in [0.25, 0.3) is 5.69 Å². The molecule has 0 saturated heterocycles. The molecule has 0 amide bonds. The van der Waals surface area contributed by atoms with E-state index in [9.17, 15) is 23.3 Å². The molecule has 0 aromatic heterocycles. The number of fused-ring (bicyclic) bond motifs is 1. The van der Waals surface area contributed by atoms with Crippen molar-refractivity contribution in [3.63, 3.8) is 0 Å². The highest BCUT2D eigenvalue weighted by molar-refractivity contribution is 5.71. The first-order chi connectivity index (χ1) is 26.6. The first-order valence-electron chi connectivity index (χ1n) is 20.4. The van der Waals surface area contributed by atoms with Crippen LogP contribution in [-0.4, -0.2) is 18.0 Å². The molecule has 0 bridgehead atoms. The van der Waals surface area contributed by atoms with E-state index in [1.54, 1.807) is 18.2 Å². The number of nitrogens with one attached hydrogen (secondary N) is 1. The smallest absolute Gasteiger partial charge is 0.384 e. The van der Waals surface area contributed by atoms with Gasteiger partial charge < -0.3 is 10.2 Å². The Kier molecular flexibility index (Phi) is 14.1. The van der Waals surface area contributed by atoms with Crippen molar-refractivity contribution >= 4 is 17.1 Å². The van der Waals surface area contributed by atoms with Crippen molar-refractivity contribution in [3.05, 3.63) is 147 Å². The van der Waals surface area contributed by atoms with E-state index in [1.807, 2.05) is 56.4 Å². The molecule has 1 aliphatic carbocycles. The molecular formula is C48H60F3N3O2. The topological polar surface area (TPSA) is 58.4 Å². The molecule has 0 unspecified atom stereocenters. The van der Waals surface area contributed by atoms with Crippen molar-refractivity contribution < 1.29 is 18.1 Å². The van der Waals surface area contributed by atoms with E-state index in [2.05, 4.69) is 68.3 Å². The number of alkyl halides is 3. The molecule has 1 heterocycles. The van der Waals surface area contributed by atoms with E-state index in [1.165, 1.54) is 23.3 Å². The second-order valence-corrected chi connectivity index (χ2v) is 17.1. The first-order valence-corrected chi connectivity index (χ1v) is 20.4. The number of halogens is 3. The SMILES string of the molecule is CC(C)CCN1/C(=C/C=C/C=C/C=C/CC2(c3cc([N+](=O)[O-])ccc3NCCc3ccc(CC(C)C)cc3)CCCCC2)C(C)(C)c2cc(C(F)(F)F)ccc21. The zero-order chi connectivity index (χ0) is 40.5. The van der Waals surface area contributed by atoms with E-state index in [4.69, 9.17) is 0 Å². The lowest BCUT2D eigenvalue weighted by atomic mass is 9.66. The van der Waals surface area contributed by atoms with Crippen molar-refractivity contribution in [2.45, 2.75) is 116 Å². The summed E-state index contributed by atoms with van der Waals surface area (Å²) in [5.41, 5.74) is 5.84. The fraction of sp³-hybridized carbons (Fsp3) is 0.458. The van der Waals surface area contributed by atoms with Crippen LogP contribution in [-0.2, 0) is 29.8 Å². The summed E-state index contributed by atoms with van der Waals surface area (Å²) in [7, 11) is 0. The maximum atomic E-state index is 13.7. The zero-order valence-electron chi connectivity index (χ0n) is 34.1. The van der Waals surface area contributed by atoms with Crippen LogP contribution in [0.1, 0.15) is 114 Å². The predicted octanol–water partition coefficient (Wildman–Crippen LogP) is 13.5. The Morgan fingerprint density at radius 2 is 1.52 bits per heavy atom. The summed E-state index contributed by atoms with van der Waals surface area (Å²) in [4.78, 5) is 13.8. The Labute approximate surface area is 332 Å². The normalized spacial score (nSPS) is 17.6. The average molecular weight is 768 g/mol. The number of rotatable bonds is 16. The number of nitro benzene ring substituents is 1. The number of allylic oxidation sites excluding steroid dienone is 8. The molecule has 3 aromatic carbocycles. The van der Waals surface area contributed by atoms with Crippen molar-refractivity contribution in [2.75, 3.05) is 23.3 Å². The number of hydrogen-bond donors (Lipinski definition) is 1. The second-order valence-electron chi connectivity index (χ2n) is 17.1. The van der Waals surface area contributed by atoms with Crippen LogP contribution in [0, 0.1) is 22.0 Å². The minimum Gasteiger partial charge on any atom is -0.384 e. The monoisotopic (exact) mass is 767 g/mol. The summed E-state index contributed by atoms with van der Waals surface area (Å²) in [5, 5.41) is 15.6. The fourth-order valence-corrected chi connectivity index (χ4v) is 8.40. The molecule has 0 radical (unpaired) electrons. The van der Waals surface area contributed by atoms with Crippen LogP contribution in [0.15, 0.2) is 109 Å². The lowest BCUT2D eigenvalue weighted by Gasteiger charge is -2.38. The van der Waals surface area contributed by atoms with Gasteiger partial charge in [0, 0.05) is 53.1 Å². The molecule has 8 heteroatoms. The van der Waals surface area contributed by atoms with Crippen LogP contribution >= 0.6 is 0 Å². The highest BCUT2D eigenvalue weighted by Crippen LogP contribution is 2.50. The minimum atomic E-state index is -4.39. The Morgan fingerprint density at radius 1 is 0.839 bits per heavy atom. The predicted molar refractivity (Wildman–Crippen MR) is 226 cm³/mol. The number of nitro groups is 1. The molecule has 0 atom stereocenters. The van der Waals surface area contributed by atoms with Crippen LogP contribution in [0.5, 0.6) is 0 Å². The summed E-state index contributed by atoms with van der Waals surface area (Å²) >= 11 is 0. The minimum absolute atomic E-state index is 0.122. The summed E-state index contributed by atoms with van der Waals surface area (Å²) in [6, 6.07) is 18.3. The van der Waals surface area contributed by atoms with E-state index < -0.39 is 17.2 Å². The van der Waals surface area contributed by atoms with Gasteiger partial charge in [0.15, 0.2) is 0 Å². The standard InChI is InChI=1S/C48H60F3N3O2/c1-35(2)26-31-53-44-24-21-39(48(49,50)51)33-42(44)46(5,6)45(53)16-12-9-7-8-10-13-27-47(28-14-11-15-29-47)41-34-40(54(55)56)22-23-43(41)52-30-25-37-17-19-38(20-18-37)32-36(3)4/h7-10,12-13,16-24,33-36,52H,11,14-15,25-32H2,1-6H3/b8-7+,12-9+,13-10+,45-16+. The molecule has 3 aromatic rings. The third-order valence-electron chi connectivity index (χ3n) is 11.5. The number of benzene rings is 3. The lowest BCUT2D eigenvalue weighted by Crippen LogP contribution is -2.30. The molecule has 300 valence electrons. The van der Waals surface area contributed by atoms with Gasteiger partial charge in [-0.25, -0.2) is 0 Å². The van der Waals surface area contributed by atoms with Crippen LogP contribution in [0.3, 0.4) is 0 Å². The summed E-state index contributed by atoms with van der Waals surface area (Å²) < 4.78 is 41.0. The first kappa shape index (κ1) is 42.6. The highest BCUT2D eigenvalue weighted by Gasteiger charge is 2.42. The number of non-ortho nitro benzene ring substituents is 1. The van der Waals surface area contributed by atoms with Crippen molar-refractivity contribution in [2.24, 2.45) is 11.8 Å². The van der Waals surface area contributed by atoms with Crippen molar-refractivity contribution in [1.82, 2.24) is 0 Å². The average Bonchev–Trinajstić information content (AvgIpc) is 3.36. The molecule has 5 nitrogen and oxygen atoms in total. The summed E-state index contributed by atoms with van der Waals surface area (Å²) in [6.07, 6.45) is 18.6. The van der Waals surface area contributed by atoms with Gasteiger partial charge >= 0.3 is 6.18 Å². The number of anilines is 2. The third kappa shape index (κ3) is 10.6. The summed E-state index contributed by atoms with van der Waals surface area (Å²) in [6.45, 7) is 14.2. The second kappa shape index (κ2) is 18.6. The molecule has 5 rings (SSSR count). The van der Waals surface area contributed by atoms with Gasteiger partial charge in [0.1, 0.15) is 0 Å². The largest absolute Gasteiger partial charge is 0.416 e. The van der Waals surface area contributed by atoms with Gasteiger partial charge in [0.2, 0.25) is 0 Å². The highest BCUT2D eigenvalue weighted by atomic mass is 19.4. The summed E-state index contributed by atoms with van der Waals surface area (Å²) in [5.74, 6) is 1.07. The van der Waals surface area contributed by atoms with Crippen LogP contribution < -0.4 is 10.2 Å². The van der Waals surface area contributed by atoms with Gasteiger partial charge in [-0.05, 0) is 103 Å². The third-order valence-corrected chi connectivity index (χ3v) is 11.5. The van der Waals surface area contributed by atoms with Crippen LogP contribution in [0.25, 0.3) is 0 Å². The van der Waals surface area contributed by atoms with Gasteiger partial charge in [-0.3, -0.25) is 10.1 Å². The molecule has 2 aliphatic rings. The zero-order valence-corrected chi connectivity index (χ0v) is 34.1. The maximum absolute atomic E-state index is 13.7. The van der Waals surface area contributed by atoms with Crippen molar-refractivity contribution in [1.29, 1.82) is 0 Å². The Balaban J connectivity index is 1.30. The Hall–Kier alpha value is -4.59. The lowest BCUT2D eigenvalue weighted by molar-refractivity contribution is -0.385. The Morgan fingerprint density at radius 3 is 2.18 bits per heavy atom. The molecule has 56 heavy (non-hydrogen) atoms. The molecule has 1 N–H and O–H groups in total. The number of nitrogens with zero attached hydrogens (tertiary/aromatic N) is 2. The van der Waals surface area contributed by atoms with E-state index >= 15 is 0 Å². The van der Waals surface area contributed by atoms with E-state index in [-0.39, 0.29) is 16.0 Å². The molecule has 1 saturated carbocycles. The molecule has 1 fully saturated rings. The van der Waals surface area contributed by atoms with Gasteiger partial charge in [0.05, 0.1) is 10.5 Å². The maximum Gasteiger partial charge on any atom is 0.416 e. The van der Waals surface area contributed by atoms with Gasteiger partial charge in [-0.2, -0.15) is 13.2 Å². The van der Waals surface area contributed by atoms with Crippen LogP contribution in [0.4, 0.5) is 30.2 Å². The van der Waals surface area contributed by atoms with E-state index in [0.717, 1.165) is 93.5 Å². The number of hydrogen-bond acceptors (Lipinski definition) is 4. The van der Waals surface area contributed by atoms with Crippen LogP contribution in [0.2, 0.25) is 0 Å². The Bertz CT molecular complexity index is 1910. The molecule has 1 aliphatic heterocycles. The van der Waals surface area contributed by atoms with Gasteiger partial charge in [-0.1, -0.05) is 122 Å². The molecular weight excluding hydrogens is 708 g/mol. The van der Waals surface area contributed by atoms with Crippen molar-refractivity contribution in [3.8, 4) is 0 Å². The van der Waals surface area contributed by atoms with Gasteiger partial charge in [-0.15, -0.1) is 0 Å².